The van der Waals surface area contributed by atoms with E-state index in [4.69, 9.17) is 26.0 Å². The molecule has 0 bridgehead atoms. The predicted molar refractivity (Wildman–Crippen MR) is 193 cm³/mol. The highest BCUT2D eigenvalue weighted by Gasteiger charge is 2.45. The van der Waals surface area contributed by atoms with Crippen molar-refractivity contribution in [2.75, 3.05) is 11.5 Å². The number of nitrogens with two attached hydrogens (primary N) is 2. The number of hydrogen-bond acceptors (Lipinski definition) is 16. The molecule has 23 heteroatoms. The van der Waals surface area contributed by atoms with Gasteiger partial charge in [0.25, 0.3) is 5.91 Å². The van der Waals surface area contributed by atoms with Crippen LogP contribution in [0.3, 0.4) is 0 Å². The first-order chi connectivity index (χ1) is 26.5. The highest BCUT2D eigenvalue weighted by molar-refractivity contribution is 8.00. The average Bonchev–Trinajstić information content (AvgIpc) is 3.54. The Balaban J connectivity index is 0.000000228. The zero-order valence-electron chi connectivity index (χ0n) is 29.1. The lowest BCUT2D eigenvalue weighted by Crippen LogP contribution is -2.54. The highest BCUT2D eigenvalue weighted by Crippen LogP contribution is 2.41. The summed E-state index contributed by atoms with van der Waals surface area (Å²) in [4.78, 5) is 98.7. The maximum absolute atomic E-state index is 13.2. The Morgan fingerprint density at radius 2 is 1.66 bits per heavy atom. The van der Waals surface area contributed by atoms with Gasteiger partial charge in [-0.1, -0.05) is 23.9 Å². The van der Waals surface area contributed by atoms with Crippen LogP contribution in [-0.4, -0.2) is 104 Å². The molecule has 2 atom stereocenters. The normalized spacial score (nSPS) is 15.1. The standard InChI is InChI=1S/C22H19N3O8.C11H11N5O5S2/c1-9(26)32-15-7-13-14(8-16(15)33-10(2)27)25-19(18(20(13)29)22(24)31)17(21(23)30)11-3-5-12(28)6-4-11;17-6-1-7-16(6)9(10(20)21)5(3-22-7)4-23-11-12-13-14-15(11)2-8(18)19/h3-8,17,28H,1-2H3,(H2,23,30)(H2,24,31)(H,25,29);7H,1-4H2,(H,18,19)(H,20,21)/t;7-/m.0/s1. The van der Waals surface area contributed by atoms with E-state index in [-0.39, 0.29) is 73.8 Å². The Bertz CT molecular complexity index is 2390. The number of aliphatic carboxylic acids is 2. The number of rotatable bonds is 12. The van der Waals surface area contributed by atoms with Gasteiger partial charge in [0.05, 0.1) is 22.7 Å². The Hall–Kier alpha value is -6.75. The zero-order chi connectivity index (χ0) is 41.0. The number of phenolic OH excluding ortho intramolecular Hbond substituents is 1. The number of carbonyl (C=O) groups excluding carboxylic acids is 5. The van der Waals surface area contributed by atoms with Crippen molar-refractivity contribution in [1.82, 2.24) is 30.1 Å². The maximum Gasteiger partial charge on any atom is 0.352 e. The minimum atomic E-state index is -1.31. The van der Waals surface area contributed by atoms with Gasteiger partial charge in [0.15, 0.2) is 11.5 Å². The number of carboxylic acid groups (broad SMARTS) is 2. The van der Waals surface area contributed by atoms with E-state index in [1.165, 1.54) is 47.0 Å². The molecule has 1 fully saturated rings. The fraction of sp³-hybridized carbons (Fsp3) is 0.242. The number of nitrogens with zero attached hydrogens (tertiary/aromatic N) is 5. The van der Waals surface area contributed by atoms with Crippen LogP contribution in [0.25, 0.3) is 10.9 Å². The summed E-state index contributed by atoms with van der Waals surface area (Å²) in [6.45, 7) is 1.86. The third-order valence-electron chi connectivity index (χ3n) is 7.94. The van der Waals surface area contributed by atoms with E-state index < -0.39 is 52.6 Å². The van der Waals surface area contributed by atoms with Crippen molar-refractivity contribution in [3.05, 3.63) is 74.7 Å². The third kappa shape index (κ3) is 8.79. The summed E-state index contributed by atoms with van der Waals surface area (Å²) in [7, 11) is 0. The second-order valence-corrected chi connectivity index (χ2v) is 14.0. The van der Waals surface area contributed by atoms with Crippen molar-refractivity contribution in [1.29, 1.82) is 0 Å². The van der Waals surface area contributed by atoms with Gasteiger partial charge < -0.3 is 41.2 Å². The van der Waals surface area contributed by atoms with Crippen LogP contribution in [0.1, 0.15) is 47.8 Å². The molecule has 2 aromatic heterocycles. The predicted octanol–water partition coefficient (Wildman–Crippen LogP) is 0.294. The number of carboxylic acids is 2. The van der Waals surface area contributed by atoms with E-state index in [2.05, 4.69) is 20.5 Å². The first-order valence-electron chi connectivity index (χ1n) is 15.9. The first kappa shape index (κ1) is 40.4. The molecule has 21 nitrogen and oxygen atoms in total. The van der Waals surface area contributed by atoms with Gasteiger partial charge in [-0.05, 0) is 39.8 Å². The fourth-order valence-electron chi connectivity index (χ4n) is 5.65. The minimum Gasteiger partial charge on any atom is -0.508 e. The van der Waals surface area contributed by atoms with Crippen molar-refractivity contribution in [3.8, 4) is 17.2 Å². The summed E-state index contributed by atoms with van der Waals surface area (Å²) in [5.74, 6) is -6.94. The molecule has 2 aliphatic rings. The summed E-state index contributed by atoms with van der Waals surface area (Å²) in [6.07, 6.45) is 0.360. The van der Waals surface area contributed by atoms with Crippen LogP contribution in [-0.2, 0) is 35.3 Å². The molecular formula is C33H30N8O13S2. The highest BCUT2D eigenvalue weighted by atomic mass is 32.2. The van der Waals surface area contributed by atoms with Crippen LogP contribution in [0.5, 0.6) is 17.2 Å². The maximum atomic E-state index is 13.2. The van der Waals surface area contributed by atoms with Crippen LogP contribution in [0, 0.1) is 0 Å². The molecule has 2 aliphatic heterocycles. The van der Waals surface area contributed by atoms with Gasteiger partial charge in [-0.2, -0.15) is 0 Å². The molecule has 4 aromatic rings. The molecule has 0 saturated carbocycles. The van der Waals surface area contributed by atoms with E-state index >= 15 is 0 Å². The number of ether oxygens (including phenoxy) is 2. The second kappa shape index (κ2) is 16.7. The number of benzene rings is 2. The van der Waals surface area contributed by atoms with E-state index in [0.717, 1.165) is 36.4 Å². The lowest BCUT2D eigenvalue weighted by molar-refractivity contribution is -0.146. The van der Waals surface area contributed by atoms with E-state index in [1.807, 2.05) is 0 Å². The number of tetrazole rings is 1. The average molecular weight is 811 g/mol. The van der Waals surface area contributed by atoms with E-state index in [0.29, 0.717) is 17.7 Å². The van der Waals surface area contributed by atoms with Crippen LogP contribution in [0.15, 0.2) is 57.6 Å². The van der Waals surface area contributed by atoms with Gasteiger partial charge in [0.1, 0.15) is 29.5 Å². The van der Waals surface area contributed by atoms with Gasteiger partial charge in [-0.3, -0.25) is 38.5 Å². The smallest absolute Gasteiger partial charge is 0.352 e. The number of β-lactam (4-membered cyclic amide) rings is 1. The number of carbonyl (C=O) groups is 7. The first-order valence-corrected chi connectivity index (χ1v) is 18.0. The Morgan fingerprint density at radius 1 is 1.02 bits per heavy atom. The molecule has 4 heterocycles. The lowest BCUT2D eigenvalue weighted by atomic mass is 9.90. The van der Waals surface area contributed by atoms with Crippen molar-refractivity contribution in [2.24, 2.45) is 11.5 Å². The molecular weight excluding hydrogens is 781 g/mol. The number of thioether (sulfide) groups is 2. The van der Waals surface area contributed by atoms with Crippen molar-refractivity contribution < 1.29 is 58.4 Å². The molecule has 2 aromatic carbocycles. The Labute approximate surface area is 322 Å². The van der Waals surface area contributed by atoms with Crippen molar-refractivity contribution >= 4 is 76.0 Å². The quantitative estimate of drug-likeness (QED) is 0.0485. The van der Waals surface area contributed by atoms with Gasteiger partial charge in [0, 0.05) is 37.1 Å². The lowest BCUT2D eigenvalue weighted by Gasteiger charge is -2.43. The van der Waals surface area contributed by atoms with Crippen LogP contribution in [0.2, 0.25) is 0 Å². The summed E-state index contributed by atoms with van der Waals surface area (Å²) in [5, 5.41) is 38.5. The number of aromatic amines is 1. The number of amides is 3. The Morgan fingerprint density at radius 3 is 2.21 bits per heavy atom. The second-order valence-electron chi connectivity index (χ2n) is 11.9. The number of phenols is 1. The summed E-state index contributed by atoms with van der Waals surface area (Å²) in [5.41, 5.74) is 10.4. The minimum absolute atomic E-state index is 0.0229. The number of H-pyrrole nitrogens is 1. The molecule has 292 valence electrons. The zero-order valence-corrected chi connectivity index (χ0v) is 30.7. The Kier molecular flexibility index (Phi) is 12.1. The summed E-state index contributed by atoms with van der Waals surface area (Å²) >= 11 is 2.66. The number of aromatic nitrogens is 5. The number of hydrogen-bond donors (Lipinski definition) is 6. The molecule has 56 heavy (non-hydrogen) atoms. The summed E-state index contributed by atoms with van der Waals surface area (Å²) in [6, 6.07) is 7.72. The fourth-order valence-corrected chi connectivity index (χ4v) is 7.93. The van der Waals surface area contributed by atoms with E-state index in [9.17, 15) is 48.6 Å². The molecule has 0 aliphatic carbocycles. The number of aromatic hydroxyl groups is 1. The SMILES string of the molecule is CC(=O)Oc1cc2[nH]c(C(C(N)=O)c3ccc(O)cc3)c(C(N)=O)c(=O)c2cc1OC(C)=O.O=C(O)Cn1nnnc1SCC1=C(C(=O)O)N2C(=O)C[C@@H]2SC1. The van der Waals surface area contributed by atoms with Gasteiger partial charge in [-0.25, -0.2) is 9.48 Å². The van der Waals surface area contributed by atoms with E-state index in [1.54, 1.807) is 0 Å². The number of pyridine rings is 1. The topological polar surface area (TPSA) is 330 Å². The molecule has 6 rings (SSSR count). The van der Waals surface area contributed by atoms with Gasteiger partial charge in [0.2, 0.25) is 22.4 Å². The molecule has 3 amide bonds. The number of primary amides is 2. The molecule has 1 saturated heterocycles. The third-order valence-corrected chi connectivity index (χ3v) is 10.3. The number of nitrogens with one attached hydrogen (secondary N) is 1. The number of fused-ring (bicyclic) bond motifs is 2. The monoisotopic (exact) mass is 810 g/mol. The van der Waals surface area contributed by atoms with Crippen LogP contribution in [0.4, 0.5) is 0 Å². The molecule has 0 spiro atoms. The number of esters is 2. The van der Waals surface area contributed by atoms with Crippen molar-refractivity contribution in [2.45, 2.75) is 43.3 Å². The van der Waals surface area contributed by atoms with Gasteiger partial charge >= 0.3 is 23.9 Å². The van der Waals surface area contributed by atoms with Gasteiger partial charge in [-0.15, -0.1) is 16.9 Å². The van der Waals surface area contributed by atoms with Crippen LogP contribution >= 0.6 is 23.5 Å². The molecule has 8 N–H and O–H groups in total. The summed E-state index contributed by atoms with van der Waals surface area (Å²) < 4.78 is 11.2. The molecule has 0 radical (unpaired) electrons. The molecule has 1 unspecified atom stereocenters. The van der Waals surface area contributed by atoms with Crippen molar-refractivity contribution in [3.63, 3.8) is 0 Å². The largest absolute Gasteiger partial charge is 0.508 e. The van der Waals surface area contributed by atoms with Crippen LogP contribution < -0.4 is 26.4 Å².